The minimum Gasteiger partial charge on any atom is -0.394 e. The Labute approximate surface area is 481 Å². The fraction of sp³-hybridized carbons (Fsp3) is 0.841. The summed E-state index contributed by atoms with van der Waals surface area (Å²) in [5.41, 5.74) is 0. The fourth-order valence-corrected chi connectivity index (χ4v) is 10.5. The Bertz CT molecular complexity index is 1410. The molecule has 9 nitrogen and oxygen atoms in total. The maximum atomic E-state index is 13.1. The maximum absolute atomic E-state index is 13.1. The van der Waals surface area contributed by atoms with E-state index >= 15 is 0 Å². The summed E-state index contributed by atoms with van der Waals surface area (Å²) in [6.07, 6.45) is 73.2. The average molecular weight is 1100 g/mol. The van der Waals surface area contributed by atoms with Gasteiger partial charge < -0.3 is 40.3 Å². The lowest BCUT2D eigenvalue weighted by Gasteiger charge is -2.40. The molecule has 0 aromatic carbocycles. The van der Waals surface area contributed by atoms with E-state index in [4.69, 9.17) is 9.47 Å². The van der Waals surface area contributed by atoms with Gasteiger partial charge in [-0.05, 0) is 77.0 Å². The predicted molar refractivity (Wildman–Crippen MR) is 332 cm³/mol. The number of aliphatic hydroxyl groups is 5. The van der Waals surface area contributed by atoms with E-state index in [2.05, 4.69) is 67.8 Å². The second-order valence-electron chi connectivity index (χ2n) is 23.2. The van der Waals surface area contributed by atoms with Crippen molar-refractivity contribution in [2.45, 2.75) is 358 Å². The first kappa shape index (κ1) is 73.9. The third kappa shape index (κ3) is 46.5. The summed E-state index contributed by atoms with van der Waals surface area (Å²) in [6.45, 7) is 3.78. The third-order valence-corrected chi connectivity index (χ3v) is 15.8. The number of hydrogen-bond acceptors (Lipinski definition) is 8. The molecule has 1 rings (SSSR count). The first-order chi connectivity index (χ1) is 38.3. The van der Waals surface area contributed by atoms with Crippen LogP contribution in [0.15, 0.2) is 60.8 Å². The molecule has 1 saturated heterocycles. The van der Waals surface area contributed by atoms with Crippen molar-refractivity contribution in [3.05, 3.63) is 60.8 Å². The van der Waals surface area contributed by atoms with Gasteiger partial charge in [0.1, 0.15) is 24.4 Å². The van der Waals surface area contributed by atoms with Crippen molar-refractivity contribution in [3.8, 4) is 0 Å². The van der Waals surface area contributed by atoms with Gasteiger partial charge in [0, 0.05) is 6.42 Å². The van der Waals surface area contributed by atoms with Gasteiger partial charge in [0.05, 0.1) is 25.4 Å². The van der Waals surface area contributed by atoms with Crippen LogP contribution >= 0.6 is 0 Å². The van der Waals surface area contributed by atoms with Gasteiger partial charge in [-0.25, -0.2) is 0 Å². The van der Waals surface area contributed by atoms with Crippen molar-refractivity contribution >= 4 is 5.91 Å². The normalized spacial score (nSPS) is 19.0. The van der Waals surface area contributed by atoms with Gasteiger partial charge in [0.25, 0.3) is 0 Å². The highest BCUT2D eigenvalue weighted by molar-refractivity contribution is 5.76. The lowest BCUT2D eigenvalue weighted by molar-refractivity contribution is -0.302. The Morgan fingerprint density at radius 2 is 0.769 bits per heavy atom. The van der Waals surface area contributed by atoms with Crippen LogP contribution in [0.25, 0.3) is 0 Å². The highest BCUT2D eigenvalue weighted by Crippen LogP contribution is 2.23. The summed E-state index contributed by atoms with van der Waals surface area (Å²) >= 11 is 0. The number of ether oxygens (including phenoxy) is 2. The molecule has 0 radical (unpaired) electrons. The number of allylic oxidation sites excluding steroid dienone is 9. The summed E-state index contributed by atoms with van der Waals surface area (Å²) in [5, 5.41) is 54.7. The zero-order chi connectivity index (χ0) is 56.5. The Morgan fingerprint density at radius 1 is 0.436 bits per heavy atom. The molecule has 1 fully saturated rings. The van der Waals surface area contributed by atoms with Crippen LogP contribution in [0.5, 0.6) is 0 Å². The minimum absolute atomic E-state index is 0.189. The molecule has 7 atom stereocenters. The molecule has 1 aliphatic rings. The van der Waals surface area contributed by atoms with E-state index in [0.717, 1.165) is 51.4 Å². The highest BCUT2D eigenvalue weighted by Gasteiger charge is 2.44. The first-order valence-electron chi connectivity index (χ1n) is 33.5. The van der Waals surface area contributed by atoms with Crippen LogP contribution in [0.4, 0.5) is 0 Å². The Balaban J connectivity index is 2.19. The lowest BCUT2D eigenvalue weighted by Crippen LogP contribution is -2.60. The van der Waals surface area contributed by atoms with Crippen molar-refractivity contribution in [1.29, 1.82) is 0 Å². The standard InChI is InChI=1S/C69H127NO8/c1-3-5-7-9-11-13-15-17-19-21-23-25-27-29-30-31-32-33-35-36-38-40-42-44-46-48-50-52-54-56-58-63(72)62(61-77-69-68(76)67(75)66(74)64(60-71)78-69)70-65(73)59-57-55-53-51-49-47-45-43-41-39-37-34-28-26-24-22-20-18-16-14-12-10-8-6-4-2/h16,18,22,24,40,42,48,50,56,58,62-64,66-69,71-72,74-76H,3-15,17,19-21,23,25-39,41,43-47,49,51-55,57,59-61H2,1-2H3,(H,70,73)/b18-16-,24-22-,42-40+,50-48+,58-56+. The molecule has 0 spiro atoms. The molecular formula is C69H127NO8. The molecule has 78 heavy (non-hydrogen) atoms. The number of hydrogen-bond donors (Lipinski definition) is 6. The van der Waals surface area contributed by atoms with Crippen LogP contribution < -0.4 is 5.32 Å². The lowest BCUT2D eigenvalue weighted by atomic mass is 9.99. The molecule has 0 aromatic heterocycles. The second kappa shape index (κ2) is 58.1. The zero-order valence-electron chi connectivity index (χ0n) is 50.9. The Morgan fingerprint density at radius 3 is 1.15 bits per heavy atom. The molecule has 456 valence electrons. The molecule has 1 aliphatic heterocycles. The highest BCUT2D eigenvalue weighted by atomic mass is 16.7. The van der Waals surface area contributed by atoms with Gasteiger partial charge >= 0.3 is 0 Å². The number of carbonyl (C=O) groups excluding carboxylic acids is 1. The second-order valence-corrected chi connectivity index (χ2v) is 23.2. The van der Waals surface area contributed by atoms with E-state index < -0.39 is 49.5 Å². The molecule has 1 amide bonds. The predicted octanol–water partition coefficient (Wildman–Crippen LogP) is 17.8. The number of unbranched alkanes of at least 4 members (excludes halogenated alkanes) is 40. The van der Waals surface area contributed by atoms with Crippen molar-refractivity contribution in [1.82, 2.24) is 5.32 Å². The van der Waals surface area contributed by atoms with Crippen LogP contribution in [-0.4, -0.2) is 87.5 Å². The summed E-state index contributed by atoms with van der Waals surface area (Å²) < 4.78 is 11.3. The van der Waals surface area contributed by atoms with Gasteiger partial charge in [-0.2, -0.15) is 0 Å². The number of aliphatic hydroxyl groups excluding tert-OH is 5. The quantitative estimate of drug-likeness (QED) is 0.0261. The van der Waals surface area contributed by atoms with E-state index in [0.29, 0.717) is 6.42 Å². The zero-order valence-corrected chi connectivity index (χ0v) is 50.9. The summed E-state index contributed by atoms with van der Waals surface area (Å²) in [6, 6.07) is -0.832. The largest absolute Gasteiger partial charge is 0.394 e. The molecule has 0 aromatic rings. The minimum atomic E-state index is -1.58. The maximum Gasteiger partial charge on any atom is 0.220 e. The van der Waals surface area contributed by atoms with Gasteiger partial charge in [-0.3, -0.25) is 4.79 Å². The van der Waals surface area contributed by atoms with Gasteiger partial charge in [0.15, 0.2) is 6.29 Å². The number of carbonyl (C=O) groups is 1. The van der Waals surface area contributed by atoms with Crippen LogP contribution in [0.3, 0.4) is 0 Å². The number of amides is 1. The van der Waals surface area contributed by atoms with Gasteiger partial charge in [0.2, 0.25) is 5.91 Å². The summed E-state index contributed by atoms with van der Waals surface area (Å²) in [7, 11) is 0. The monoisotopic (exact) mass is 1100 g/mol. The van der Waals surface area contributed by atoms with E-state index in [1.807, 2.05) is 6.08 Å². The number of nitrogens with one attached hydrogen (secondary N) is 1. The summed E-state index contributed by atoms with van der Waals surface area (Å²) in [5.74, 6) is -0.189. The smallest absolute Gasteiger partial charge is 0.220 e. The molecule has 0 bridgehead atoms. The first-order valence-corrected chi connectivity index (χ1v) is 33.5. The topological polar surface area (TPSA) is 149 Å². The molecule has 9 heteroatoms. The van der Waals surface area contributed by atoms with Crippen molar-refractivity contribution in [3.63, 3.8) is 0 Å². The van der Waals surface area contributed by atoms with E-state index in [1.165, 1.54) is 244 Å². The van der Waals surface area contributed by atoms with Gasteiger partial charge in [-0.15, -0.1) is 0 Å². The van der Waals surface area contributed by atoms with Crippen LogP contribution in [0.1, 0.15) is 316 Å². The molecule has 0 aliphatic carbocycles. The molecular weight excluding hydrogens is 971 g/mol. The fourth-order valence-electron chi connectivity index (χ4n) is 10.5. The SMILES string of the molecule is CCCCCCC/C=C\C/C=C\CCCCCCCCCCCCCCCC(=O)NC(COC1OC(CO)C(O)C(O)C1O)C(O)/C=C/CC/C=C/CC/C=C/CCCCCCCCCCCCCCCCCCCCCC. The van der Waals surface area contributed by atoms with E-state index in [-0.39, 0.29) is 12.5 Å². The molecule has 0 saturated carbocycles. The molecule has 7 unspecified atom stereocenters. The van der Waals surface area contributed by atoms with Crippen LogP contribution in [0.2, 0.25) is 0 Å². The van der Waals surface area contributed by atoms with Gasteiger partial charge in [-0.1, -0.05) is 293 Å². The summed E-state index contributed by atoms with van der Waals surface area (Å²) in [4.78, 5) is 13.1. The average Bonchev–Trinajstić information content (AvgIpc) is 3.45. The Hall–Kier alpha value is -2.11. The molecule has 1 heterocycles. The van der Waals surface area contributed by atoms with Crippen molar-refractivity contribution in [2.24, 2.45) is 0 Å². The van der Waals surface area contributed by atoms with Crippen LogP contribution in [0, 0.1) is 0 Å². The Kier molecular flexibility index (Phi) is 55.0. The van der Waals surface area contributed by atoms with E-state index in [9.17, 15) is 30.3 Å². The van der Waals surface area contributed by atoms with E-state index in [1.54, 1.807) is 6.08 Å². The van der Waals surface area contributed by atoms with Crippen molar-refractivity contribution in [2.75, 3.05) is 13.2 Å². The van der Waals surface area contributed by atoms with Crippen molar-refractivity contribution < 1.29 is 39.8 Å². The third-order valence-electron chi connectivity index (χ3n) is 15.8. The van der Waals surface area contributed by atoms with Crippen LogP contribution in [-0.2, 0) is 14.3 Å². The molecule has 6 N–H and O–H groups in total. The number of rotatable bonds is 58.